The Kier molecular flexibility index (Phi) is 7.54. The average molecular weight is 476 g/mol. The zero-order valence-corrected chi connectivity index (χ0v) is 20.2. The van der Waals surface area contributed by atoms with E-state index in [2.05, 4.69) is 16.1 Å². The number of sulfonamides is 1. The Labute approximate surface area is 195 Å². The summed E-state index contributed by atoms with van der Waals surface area (Å²) in [7, 11) is 0.332. The summed E-state index contributed by atoms with van der Waals surface area (Å²) in [6.07, 6.45) is 7.86. The first-order valence-electron chi connectivity index (χ1n) is 11.6. The van der Waals surface area contributed by atoms with Gasteiger partial charge < -0.3 is 14.5 Å². The maximum absolute atomic E-state index is 13.1. The fourth-order valence-corrected chi connectivity index (χ4v) is 6.95. The summed E-state index contributed by atoms with van der Waals surface area (Å²) in [5.41, 5.74) is 1.35. The molecule has 2 aromatic heterocycles. The SMILES string of the molecule is COCCOC1CCCN(S(=O)(=O)C[C@@H]2CC[C@H](N(C)n3ccc4cc(C#N)cnc43)C2)C1. The van der Waals surface area contributed by atoms with Gasteiger partial charge in [0.25, 0.3) is 0 Å². The summed E-state index contributed by atoms with van der Waals surface area (Å²) < 4.78 is 40.7. The van der Waals surface area contributed by atoms with Gasteiger partial charge in [0.1, 0.15) is 6.07 Å². The first-order valence-corrected chi connectivity index (χ1v) is 13.2. The number of nitriles is 1. The van der Waals surface area contributed by atoms with Gasteiger partial charge in [0.05, 0.1) is 30.6 Å². The van der Waals surface area contributed by atoms with Crippen LogP contribution in [0, 0.1) is 17.2 Å². The van der Waals surface area contributed by atoms with Crippen molar-refractivity contribution in [2.75, 3.05) is 51.2 Å². The van der Waals surface area contributed by atoms with E-state index in [1.54, 1.807) is 17.6 Å². The van der Waals surface area contributed by atoms with E-state index in [1.165, 1.54) is 0 Å². The predicted octanol–water partition coefficient (Wildman–Crippen LogP) is 2.10. The number of nitrogens with zero attached hydrogens (tertiary/aromatic N) is 5. The molecule has 33 heavy (non-hydrogen) atoms. The predicted molar refractivity (Wildman–Crippen MR) is 126 cm³/mol. The molecule has 2 aromatic rings. The van der Waals surface area contributed by atoms with Gasteiger partial charge in [0.2, 0.25) is 10.0 Å². The Balaban J connectivity index is 1.35. The number of piperidine rings is 1. The van der Waals surface area contributed by atoms with Crippen LogP contribution in [0.1, 0.15) is 37.7 Å². The number of pyridine rings is 1. The Morgan fingerprint density at radius 2 is 2.15 bits per heavy atom. The highest BCUT2D eigenvalue weighted by Crippen LogP contribution is 2.31. The fraction of sp³-hybridized carbons (Fsp3) is 0.652. The third kappa shape index (κ3) is 5.49. The van der Waals surface area contributed by atoms with Gasteiger partial charge in [-0.1, -0.05) is 0 Å². The van der Waals surface area contributed by atoms with Gasteiger partial charge in [-0.15, -0.1) is 0 Å². The molecule has 3 heterocycles. The molecule has 0 radical (unpaired) electrons. The quantitative estimate of drug-likeness (QED) is 0.512. The first-order chi connectivity index (χ1) is 15.9. The first kappa shape index (κ1) is 24.0. The van der Waals surface area contributed by atoms with E-state index in [9.17, 15) is 8.42 Å². The molecular formula is C23H33N5O4S. The summed E-state index contributed by atoms with van der Waals surface area (Å²) in [5.74, 6) is 0.329. The topological polar surface area (TPSA) is 101 Å². The number of aromatic nitrogens is 2. The molecule has 180 valence electrons. The van der Waals surface area contributed by atoms with Crippen molar-refractivity contribution in [3.05, 3.63) is 30.1 Å². The monoisotopic (exact) mass is 475 g/mol. The van der Waals surface area contributed by atoms with Gasteiger partial charge in [-0.05, 0) is 50.2 Å². The lowest BCUT2D eigenvalue weighted by Crippen LogP contribution is -2.45. The maximum atomic E-state index is 13.1. The Bertz CT molecular complexity index is 1100. The number of hydrogen-bond acceptors (Lipinski definition) is 7. The van der Waals surface area contributed by atoms with Crippen LogP contribution in [-0.4, -0.2) is 80.7 Å². The van der Waals surface area contributed by atoms with Gasteiger partial charge in [-0.25, -0.2) is 18.1 Å². The minimum absolute atomic E-state index is 0.0535. The van der Waals surface area contributed by atoms with Crippen molar-refractivity contribution in [3.63, 3.8) is 0 Å². The van der Waals surface area contributed by atoms with Crippen LogP contribution in [0.4, 0.5) is 0 Å². The highest BCUT2D eigenvalue weighted by atomic mass is 32.2. The largest absolute Gasteiger partial charge is 0.382 e. The highest BCUT2D eigenvalue weighted by Gasteiger charge is 2.35. The second kappa shape index (κ2) is 10.4. The van der Waals surface area contributed by atoms with Crippen molar-refractivity contribution >= 4 is 21.1 Å². The van der Waals surface area contributed by atoms with E-state index in [4.69, 9.17) is 14.7 Å². The molecule has 0 N–H and O–H groups in total. The molecule has 0 bridgehead atoms. The van der Waals surface area contributed by atoms with Crippen LogP contribution in [0.3, 0.4) is 0 Å². The molecule has 2 fully saturated rings. The van der Waals surface area contributed by atoms with Crippen molar-refractivity contribution in [2.24, 2.45) is 5.92 Å². The second-order valence-electron chi connectivity index (χ2n) is 9.08. The Morgan fingerprint density at radius 3 is 2.94 bits per heavy atom. The van der Waals surface area contributed by atoms with Crippen LogP contribution < -0.4 is 5.01 Å². The van der Waals surface area contributed by atoms with Crippen LogP contribution in [0.5, 0.6) is 0 Å². The standard InChI is InChI=1S/C23H33N5O4S/c1-26(28-9-7-20-12-19(14-24)15-25-23(20)28)21-6-5-18(13-21)17-33(29,30)27-8-3-4-22(16-27)32-11-10-31-2/h7,9,12,15,18,21-22H,3-6,8,10-11,13,16-17H2,1-2H3/t18-,21+,22?/m1/s1. The van der Waals surface area contributed by atoms with Crippen LogP contribution in [0.15, 0.2) is 24.5 Å². The fourth-order valence-electron chi connectivity index (χ4n) is 5.04. The molecule has 9 nitrogen and oxygen atoms in total. The molecular weight excluding hydrogens is 442 g/mol. The minimum Gasteiger partial charge on any atom is -0.382 e. The molecule has 1 saturated carbocycles. The van der Waals surface area contributed by atoms with Gasteiger partial charge in [-0.2, -0.15) is 9.57 Å². The molecule has 3 atom stereocenters. The number of ether oxygens (including phenoxy) is 2. The average Bonchev–Trinajstić information content (AvgIpc) is 3.45. The molecule has 1 unspecified atom stereocenters. The molecule has 1 aliphatic carbocycles. The summed E-state index contributed by atoms with van der Waals surface area (Å²) in [6.45, 7) is 2.03. The lowest BCUT2D eigenvalue weighted by atomic mass is 10.1. The van der Waals surface area contributed by atoms with Gasteiger partial charge >= 0.3 is 0 Å². The molecule has 0 amide bonds. The zero-order chi connectivity index (χ0) is 23.4. The molecule has 10 heteroatoms. The van der Waals surface area contributed by atoms with E-state index in [0.29, 0.717) is 31.9 Å². The molecule has 0 spiro atoms. The summed E-state index contributed by atoms with van der Waals surface area (Å²) in [4.78, 5) is 4.45. The second-order valence-corrected chi connectivity index (χ2v) is 11.1. The molecule has 2 aliphatic rings. The lowest BCUT2D eigenvalue weighted by Gasteiger charge is -2.32. The molecule has 1 saturated heterocycles. The van der Waals surface area contributed by atoms with E-state index < -0.39 is 10.0 Å². The third-order valence-electron chi connectivity index (χ3n) is 6.84. The third-order valence-corrected chi connectivity index (χ3v) is 8.85. The summed E-state index contributed by atoms with van der Waals surface area (Å²) in [5, 5.41) is 12.2. The minimum atomic E-state index is -3.32. The highest BCUT2D eigenvalue weighted by molar-refractivity contribution is 7.89. The van der Waals surface area contributed by atoms with Crippen molar-refractivity contribution in [1.29, 1.82) is 5.26 Å². The summed E-state index contributed by atoms with van der Waals surface area (Å²) >= 11 is 0. The van der Waals surface area contributed by atoms with Crippen LogP contribution in [0.2, 0.25) is 0 Å². The van der Waals surface area contributed by atoms with E-state index in [-0.39, 0.29) is 23.8 Å². The van der Waals surface area contributed by atoms with Gasteiger partial charge in [-0.3, -0.25) is 0 Å². The molecule has 0 aromatic carbocycles. The van der Waals surface area contributed by atoms with Crippen LogP contribution in [0.25, 0.3) is 11.0 Å². The Hall–Kier alpha value is -2.19. The van der Waals surface area contributed by atoms with Crippen molar-refractivity contribution in [1.82, 2.24) is 14.0 Å². The van der Waals surface area contributed by atoms with E-state index in [1.807, 2.05) is 30.1 Å². The number of fused-ring (bicyclic) bond motifs is 1. The Morgan fingerprint density at radius 1 is 1.30 bits per heavy atom. The maximum Gasteiger partial charge on any atom is 0.214 e. The van der Waals surface area contributed by atoms with Gasteiger partial charge in [0, 0.05) is 51.1 Å². The van der Waals surface area contributed by atoms with Crippen LogP contribution >= 0.6 is 0 Å². The van der Waals surface area contributed by atoms with Crippen molar-refractivity contribution < 1.29 is 17.9 Å². The zero-order valence-electron chi connectivity index (χ0n) is 19.4. The molecule has 4 rings (SSSR count). The van der Waals surface area contributed by atoms with Gasteiger partial charge in [0.15, 0.2) is 5.65 Å². The lowest BCUT2D eigenvalue weighted by molar-refractivity contribution is -0.00656. The molecule has 1 aliphatic heterocycles. The van der Waals surface area contributed by atoms with Crippen molar-refractivity contribution in [2.45, 2.75) is 44.2 Å². The van der Waals surface area contributed by atoms with E-state index in [0.717, 1.165) is 43.1 Å². The van der Waals surface area contributed by atoms with E-state index >= 15 is 0 Å². The van der Waals surface area contributed by atoms with Crippen LogP contribution in [-0.2, 0) is 19.5 Å². The number of rotatable bonds is 9. The summed E-state index contributed by atoms with van der Waals surface area (Å²) in [6, 6.07) is 6.15. The normalized spacial score (nSPS) is 24.2. The smallest absolute Gasteiger partial charge is 0.214 e. The van der Waals surface area contributed by atoms with Crippen molar-refractivity contribution in [3.8, 4) is 6.07 Å². The number of methoxy groups -OCH3 is 1. The number of hydrogen-bond donors (Lipinski definition) is 0.